The van der Waals surface area contributed by atoms with Gasteiger partial charge in [-0.05, 0) is 32.1 Å². The van der Waals surface area contributed by atoms with Crippen LogP contribution in [-0.4, -0.2) is 26.6 Å². The summed E-state index contributed by atoms with van der Waals surface area (Å²) < 4.78 is 7.81. The van der Waals surface area contributed by atoms with E-state index in [1.165, 1.54) is 0 Å². The summed E-state index contributed by atoms with van der Waals surface area (Å²) >= 11 is 7.05. The van der Waals surface area contributed by atoms with Gasteiger partial charge in [0.1, 0.15) is 5.01 Å². The quantitative estimate of drug-likeness (QED) is 0.753. The number of nitrogens with zero attached hydrogens (tertiary/aromatic N) is 3. The third kappa shape index (κ3) is 2.12. The number of pyridine rings is 1. The Kier molecular flexibility index (Phi) is 3.31. The molecule has 1 atom stereocenters. The van der Waals surface area contributed by atoms with E-state index in [1.807, 2.05) is 29.0 Å². The zero-order valence-corrected chi connectivity index (χ0v) is 13.0. The van der Waals surface area contributed by atoms with Crippen molar-refractivity contribution in [3.63, 3.8) is 0 Å². The highest BCUT2D eigenvalue weighted by Crippen LogP contribution is 2.26. The molecule has 3 heterocycles. The smallest absolute Gasteiger partial charge is 0.215 e. The van der Waals surface area contributed by atoms with Crippen molar-refractivity contribution in [2.24, 2.45) is 0 Å². The Morgan fingerprint density at radius 2 is 2.20 bits per heavy atom. The van der Waals surface area contributed by atoms with Gasteiger partial charge in [-0.25, -0.2) is 4.98 Å². The molecular formula is C13H14N4OS2. The zero-order valence-electron chi connectivity index (χ0n) is 11.4. The van der Waals surface area contributed by atoms with Gasteiger partial charge in [-0.15, -0.1) is 11.3 Å². The molecule has 3 aromatic heterocycles. The van der Waals surface area contributed by atoms with Gasteiger partial charge in [-0.3, -0.25) is 4.57 Å². The summed E-state index contributed by atoms with van der Waals surface area (Å²) in [5.41, 5.74) is 2.71. The third-order valence-corrected chi connectivity index (χ3v) is 4.56. The molecule has 0 aliphatic heterocycles. The molecule has 20 heavy (non-hydrogen) atoms. The van der Waals surface area contributed by atoms with Crippen LogP contribution in [0.3, 0.4) is 0 Å². The van der Waals surface area contributed by atoms with Gasteiger partial charge in [-0.2, -0.15) is 4.98 Å². The number of nitrogens with one attached hydrogen (secondary N) is 1. The van der Waals surface area contributed by atoms with E-state index >= 15 is 0 Å². The second-order valence-corrected chi connectivity index (χ2v) is 5.80. The van der Waals surface area contributed by atoms with Gasteiger partial charge in [0, 0.05) is 17.1 Å². The molecule has 0 fully saturated rings. The van der Waals surface area contributed by atoms with Crippen LogP contribution in [0.5, 0.6) is 5.88 Å². The Bertz CT molecular complexity index is 817. The fourth-order valence-corrected chi connectivity index (χ4v) is 3.33. The van der Waals surface area contributed by atoms with E-state index in [4.69, 9.17) is 17.0 Å². The van der Waals surface area contributed by atoms with Gasteiger partial charge in [0.2, 0.25) is 5.88 Å². The standard InChI is InChI=1S/C13H14N4OS2/c1-7-6-20-12(14-7)8(2)17-11-9(15-13(17)19)4-5-10(16-11)18-3/h4-6,8H,1-3H3,(H,15,19). The number of hydrogen-bond acceptors (Lipinski definition) is 5. The molecule has 0 aliphatic rings. The lowest BCUT2D eigenvalue weighted by atomic mass is 10.3. The van der Waals surface area contributed by atoms with Crippen molar-refractivity contribution in [1.82, 2.24) is 19.5 Å². The van der Waals surface area contributed by atoms with Crippen LogP contribution in [0.2, 0.25) is 0 Å². The number of ether oxygens (including phenoxy) is 1. The van der Waals surface area contributed by atoms with Gasteiger partial charge in [0.25, 0.3) is 0 Å². The minimum Gasteiger partial charge on any atom is -0.481 e. The number of fused-ring (bicyclic) bond motifs is 1. The summed E-state index contributed by atoms with van der Waals surface area (Å²) in [7, 11) is 1.60. The molecule has 0 amide bonds. The first-order valence-electron chi connectivity index (χ1n) is 6.17. The average molecular weight is 306 g/mol. The van der Waals surface area contributed by atoms with Gasteiger partial charge in [0.05, 0.1) is 18.7 Å². The molecule has 0 bridgehead atoms. The maximum Gasteiger partial charge on any atom is 0.215 e. The molecule has 0 saturated carbocycles. The van der Waals surface area contributed by atoms with Crippen LogP contribution >= 0.6 is 23.6 Å². The molecule has 104 valence electrons. The van der Waals surface area contributed by atoms with E-state index < -0.39 is 0 Å². The number of imidazole rings is 1. The Morgan fingerprint density at radius 1 is 1.40 bits per heavy atom. The summed E-state index contributed by atoms with van der Waals surface area (Å²) in [6.07, 6.45) is 0. The average Bonchev–Trinajstić information content (AvgIpc) is 3.00. The monoisotopic (exact) mass is 306 g/mol. The van der Waals surface area contributed by atoms with Crippen LogP contribution in [0.15, 0.2) is 17.5 Å². The van der Waals surface area contributed by atoms with Gasteiger partial charge < -0.3 is 9.72 Å². The highest BCUT2D eigenvalue weighted by Gasteiger charge is 2.17. The van der Waals surface area contributed by atoms with Crippen molar-refractivity contribution in [3.05, 3.63) is 33.0 Å². The molecule has 0 saturated heterocycles. The number of aromatic nitrogens is 4. The Labute approximate surface area is 125 Å². The second-order valence-electron chi connectivity index (χ2n) is 4.53. The summed E-state index contributed by atoms with van der Waals surface area (Å²) in [5, 5.41) is 3.06. The largest absolute Gasteiger partial charge is 0.481 e. The van der Waals surface area contributed by atoms with Crippen molar-refractivity contribution in [1.29, 1.82) is 0 Å². The molecule has 7 heteroatoms. The van der Waals surface area contributed by atoms with E-state index in [2.05, 4.69) is 21.9 Å². The topological polar surface area (TPSA) is 55.7 Å². The lowest BCUT2D eigenvalue weighted by molar-refractivity contribution is 0.398. The highest BCUT2D eigenvalue weighted by atomic mass is 32.1. The van der Waals surface area contributed by atoms with Crippen LogP contribution in [0.1, 0.15) is 23.7 Å². The molecule has 3 aromatic rings. The molecule has 1 unspecified atom stereocenters. The number of H-pyrrole nitrogens is 1. The number of aromatic amines is 1. The molecule has 0 aliphatic carbocycles. The molecular weight excluding hydrogens is 292 g/mol. The van der Waals surface area contributed by atoms with Gasteiger partial charge >= 0.3 is 0 Å². The number of thiazole rings is 1. The molecule has 3 rings (SSSR count). The normalized spacial score (nSPS) is 12.8. The van der Waals surface area contributed by atoms with E-state index in [9.17, 15) is 0 Å². The molecule has 0 radical (unpaired) electrons. The minimum absolute atomic E-state index is 0.0366. The highest BCUT2D eigenvalue weighted by molar-refractivity contribution is 7.71. The lowest BCUT2D eigenvalue weighted by Crippen LogP contribution is -2.07. The summed E-state index contributed by atoms with van der Waals surface area (Å²) in [5.74, 6) is 0.572. The third-order valence-electron chi connectivity index (χ3n) is 3.13. The minimum atomic E-state index is 0.0366. The van der Waals surface area contributed by atoms with Gasteiger partial charge in [0.15, 0.2) is 10.4 Å². The van der Waals surface area contributed by atoms with Crippen LogP contribution < -0.4 is 4.74 Å². The number of hydrogen-bond donors (Lipinski definition) is 1. The van der Waals surface area contributed by atoms with Crippen LogP contribution in [0, 0.1) is 11.7 Å². The first-order valence-corrected chi connectivity index (χ1v) is 7.46. The number of aryl methyl sites for hydroxylation is 1. The van der Waals surface area contributed by atoms with Crippen LogP contribution in [-0.2, 0) is 0 Å². The zero-order chi connectivity index (χ0) is 14.3. The van der Waals surface area contributed by atoms with E-state index in [-0.39, 0.29) is 6.04 Å². The van der Waals surface area contributed by atoms with Crippen molar-refractivity contribution < 1.29 is 4.74 Å². The first-order chi connectivity index (χ1) is 9.60. The SMILES string of the molecule is COc1ccc2[nH]c(=S)n(C(C)c3nc(C)cs3)c2n1. The predicted molar refractivity (Wildman–Crippen MR) is 82.1 cm³/mol. The summed E-state index contributed by atoms with van der Waals surface area (Å²) in [6, 6.07) is 3.78. The molecule has 1 N–H and O–H groups in total. The number of rotatable bonds is 3. The number of methoxy groups -OCH3 is 1. The van der Waals surface area contributed by atoms with Crippen molar-refractivity contribution in [2.45, 2.75) is 19.9 Å². The molecule has 0 spiro atoms. The van der Waals surface area contributed by atoms with Crippen molar-refractivity contribution >= 4 is 34.7 Å². The first kappa shape index (κ1) is 13.3. The fraction of sp³-hybridized carbons (Fsp3) is 0.308. The van der Waals surface area contributed by atoms with E-state index in [1.54, 1.807) is 18.4 Å². The van der Waals surface area contributed by atoms with Crippen molar-refractivity contribution in [2.75, 3.05) is 7.11 Å². The van der Waals surface area contributed by atoms with Crippen LogP contribution in [0.25, 0.3) is 11.2 Å². The second kappa shape index (κ2) is 4.99. The summed E-state index contributed by atoms with van der Waals surface area (Å²) in [4.78, 5) is 12.2. The van der Waals surface area contributed by atoms with E-state index in [0.717, 1.165) is 21.9 Å². The maximum atomic E-state index is 5.42. The van der Waals surface area contributed by atoms with Gasteiger partial charge in [-0.1, -0.05) is 0 Å². The lowest BCUT2D eigenvalue weighted by Gasteiger charge is -2.11. The maximum absolute atomic E-state index is 5.42. The Balaban J connectivity index is 2.19. The Hall–Kier alpha value is -1.73. The molecule has 5 nitrogen and oxygen atoms in total. The Morgan fingerprint density at radius 3 is 2.85 bits per heavy atom. The van der Waals surface area contributed by atoms with Crippen molar-refractivity contribution in [3.8, 4) is 5.88 Å². The summed E-state index contributed by atoms with van der Waals surface area (Å²) in [6.45, 7) is 4.06. The van der Waals surface area contributed by atoms with Crippen LogP contribution in [0.4, 0.5) is 0 Å². The molecule has 0 aromatic carbocycles. The fourth-order valence-electron chi connectivity index (χ4n) is 2.13. The predicted octanol–water partition coefficient (Wildman–Crippen LogP) is 3.48. The van der Waals surface area contributed by atoms with E-state index in [0.29, 0.717) is 10.7 Å².